The van der Waals surface area contributed by atoms with Crippen LogP contribution < -0.4 is 4.90 Å². The predicted molar refractivity (Wildman–Crippen MR) is 57.8 cm³/mol. The van der Waals surface area contributed by atoms with E-state index in [1.807, 2.05) is 0 Å². The molecule has 0 spiro atoms. The summed E-state index contributed by atoms with van der Waals surface area (Å²) in [5, 5.41) is 9.23. The molecular weight excluding hydrogens is 212 g/mol. The van der Waals surface area contributed by atoms with Crippen LogP contribution in [0.2, 0.25) is 5.15 Å². The number of hydrogen-bond donors (Lipinski definition) is 0. The molecule has 1 aliphatic heterocycles. The summed E-state index contributed by atoms with van der Waals surface area (Å²) in [4.78, 5) is 10.1. The Kier molecular flexibility index (Phi) is 3.02. The molecule has 0 aliphatic carbocycles. The Balaban J connectivity index is 2.34. The second-order valence-electron chi connectivity index (χ2n) is 3.52. The first-order chi connectivity index (χ1) is 7.33. The lowest BCUT2D eigenvalue weighted by Crippen LogP contribution is -2.31. The van der Waals surface area contributed by atoms with E-state index in [0.29, 0.717) is 11.4 Å². The monoisotopic (exact) mass is 222 g/mol. The number of nitriles is 1. The van der Waals surface area contributed by atoms with Gasteiger partial charge in [-0.25, -0.2) is 9.97 Å². The van der Waals surface area contributed by atoms with Crippen LogP contribution in [0.1, 0.15) is 24.8 Å². The molecule has 5 heteroatoms. The summed E-state index contributed by atoms with van der Waals surface area (Å²) in [5.74, 6) is 0.678. The minimum atomic E-state index is 0.244. The highest BCUT2D eigenvalue weighted by Gasteiger charge is 2.18. The number of rotatable bonds is 1. The Morgan fingerprint density at radius 2 is 2.00 bits per heavy atom. The van der Waals surface area contributed by atoms with Crippen molar-refractivity contribution >= 4 is 17.4 Å². The summed E-state index contributed by atoms with van der Waals surface area (Å²) < 4.78 is 0. The molecule has 0 bridgehead atoms. The van der Waals surface area contributed by atoms with Gasteiger partial charge in [-0.1, -0.05) is 11.6 Å². The van der Waals surface area contributed by atoms with E-state index in [-0.39, 0.29) is 5.15 Å². The van der Waals surface area contributed by atoms with Gasteiger partial charge in [-0.2, -0.15) is 5.26 Å². The molecule has 0 aromatic carbocycles. The first kappa shape index (κ1) is 10.2. The highest BCUT2D eigenvalue weighted by molar-refractivity contribution is 6.30. The molecule has 1 aromatic heterocycles. The van der Waals surface area contributed by atoms with Crippen LogP contribution in [-0.2, 0) is 0 Å². The average molecular weight is 223 g/mol. The van der Waals surface area contributed by atoms with Gasteiger partial charge in [-0.3, -0.25) is 0 Å². The topological polar surface area (TPSA) is 52.8 Å². The number of piperidine rings is 1. The van der Waals surface area contributed by atoms with Crippen LogP contribution in [-0.4, -0.2) is 23.1 Å². The van der Waals surface area contributed by atoms with Gasteiger partial charge < -0.3 is 4.90 Å². The van der Waals surface area contributed by atoms with Gasteiger partial charge in [0.15, 0.2) is 11.0 Å². The number of hydrogen-bond acceptors (Lipinski definition) is 4. The number of anilines is 1. The zero-order valence-electron chi connectivity index (χ0n) is 8.28. The smallest absolute Gasteiger partial charge is 0.152 e. The first-order valence-corrected chi connectivity index (χ1v) is 5.36. The average Bonchev–Trinajstić information content (AvgIpc) is 2.30. The lowest BCUT2D eigenvalue weighted by Gasteiger charge is -2.28. The maximum absolute atomic E-state index is 8.99. The minimum Gasteiger partial charge on any atom is -0.355 e. The van der Waals surface area contributed by atoms with Crippen molar-refractivity contribution in [2.24, 2.45) is 0 Å². The van der Waals surface area contributed by atoms with Crippen LogP contribution in [0, 0.1) is 11.3 Å². The van der Waals surface area contributed by atoms with Crippen LogP contribution >= 0.6 is 11.6 Å². The summed E-state index contributed by atoms with van der Waals surface area (Å²) in [6.07, 6.45) is 4.95. The third-order valence-electron chi connectivity index (χ3n) is 2.55. The number of halogens is 1. The zero-order valence-corrected chi connectivity index (χ0v) is 9.04. The van der Waals surface area contributed by atoms with Gasteiger partial charge >= 0.3 is 0 Å². The van der Waals surface area contributed by atoms with Gasteiger partial charge in [0.1, 0.15) is 18.0 Å². The van der Waals surface area contributed by atoms with E-state index in [1.54, 1.807) is 0 Å². The van der Waals surface area contributed by atoms with Crippen LogP contribution in [0.5, 0.6) is 0 Å². The third kappa shape index (κ3) is 2.02. The fraction of sp³-hybridized carbons (Fsp3) is 0.500. The molecule has 0 atom stereocenters. The van der Waals surface area contributed by atoms with Crippen LogP contribution in [0.15, 0.2) is 6.33 Å². The Morgan fingerprint density at radius 1 is 1.27 bits per heavy atom. The van der Waals surface area contributed by atoms with Crippen LogP contribution in [0.3, 0.4) is 0 Å². The molecule has 2 rings (SSSR count). The fourth-order valence-electron chi connectivity index (χ4n) is 1.80. The van der Waals surface area contributed by atoms with E-state index < -0.39 is 0 Å². The second-order valence-corrected chi connectivity index (χ2v) is 3.88. The van der Waals surface area contributed by atoms with Crippen molar-refractivity contribution in [2.75, 3.05) is 18.0 Å². The predicted octanol–water partition coefficient (Wildman–Crippen LogP) is 1.99. The Hall–Kier alpha value is -1.34. The van der Waals surface area contributed by atoms with E-state index in [1.165, 1.54) is 12.7 Å². The maximum atomic E-state index is 8.99. The molecule has 1 aliphatic rings. The second kappa shape index (κ2) is 4.45. The quantitative estimate of drug-likeness (QED) is 0.682. The number of aromatic nitrogens is 2. The Labute approximate surface area is 93.5 Å². The largest absolute Gasteiger partial charge is 0.355 e. The Bertz CT molecular complexity index is 393. The molecule has 0 amide bonds. The van der Waals surface area contributed by atoms with Gasteiger partial charge in [-0.05, 0) is 19.3 Å². The lowest BCUT2D eigenvalue weighted by molar-refractivity contribution is 0.572. The van der Waals surface area contributed by atoms with Crippen molar-refractivity contribution in [3.63, 3.8) is 0 Å². The summed E-state index contributed by atoms with van der Waals surface area (Å²) in [5.41, 5.74) is 0.390. The van der Waals surface area contributed by atoms with E-state index in [9.17, 15) is 0 Å². The molecule has 1 fully saturated rings. The van der Waals surface area contributed by atoms with Gasteiger partial charge in [0.05, 0.1) is 0 Å². The van der Waals surface area contributed by atoms with Gasteiger partial charge in [0, 0.05) is 13.1 Å². The van der Waals surface area contributed by atoms with E-state index in [4.69, 9.17) is 16.9 Å². The molecular formula is C10H11ClN4. The van der Waals surface area contributed by atoms with Crippen molar-refractivity contribution < 1.29 is 0 Å². The van der Waals surface area contributed by atoms with E-state index >= 15 is 0 Å². The maximum Gasteiger partial charge on any atom is 0.152 e. The van der Waals surface area contributed by atoms with Crippen LogP contribution in [0.25, 0.3) is 0 Å². The fourth-order valence-corrected chi connectivity index (χ4v) is 1.97. The summed E-state index contributed by atoms with van der Waals surface area (Å²) in [6, 6.07) is 2.06. The summed E-state index contributed by atoms with van der Waals surface area (Å²) in [6.45, 7) is 1.89. The molecule has 0 unspecified atom stereocenters. The van der Waals surface area contributed by atoms with E-state index in [0.717, 1.165) is 25.9 Å². The van der Waals surface area contributed by atoms with Gasteiger partial charge in [-0.15, -0.1) is 0 Å². The zero-order chi connectivity index (χ0) is 10.7. The van der Waals surface area contributed by atoms with Crippen molar-refractivity contribution in [1.82, 2.24) is 9.97 Å². The van der Waals surface area contributed by atoms with E-state index in [2.05, 4.69) is 20.9 Å². The molecule has 78 valence electrons. The van der Waals surface area contributed by atoms with Crippen molar-refractivity contribution in [2.45, 2.75) is 19.3 Å². The molecule has 1 saturated heterocycles. The summed E-state index contributed by atoms with van der Waals surface area (Å²) in [7, 11) is 0. The third-order valence-corrected chi connectivity index (χ3v) is 2.83. The molecule has 0 N–H and O–H groups in total. The van der Waals surface area contributed by atoms with Crippen molar-refractivity contribution in [3.8, 4) is 6.07 Å². The molecule has 4 nitrogen and oxygen atoms in total. The Morgan fingerprint density at radius 3 is 2.67 bits per heavy atom. The SMILES string of the molecule is N#Cc1c(Cl)ncnc1N1CCCCC1. The van der Waals surface area contributed by atoms with Crippen molar-refractivity contribution in [1.29, 1.82) is 5.26 Å². The molecule has 0 radical (unpaired) electrons. The highest BCUT2D eigenvalue weighted by atomic mass is 35.5. The van der Waals surface area contributed by atoms with Gasteiger partial charge in [0.25, 0.3) is 0 Å². The first-order valence-electron chi connectivity index (χ1n) is 4.98. The molecule has 0 saturated carbocycles. The summed E-state index contributed by atoms with van der Waals surface area (Å²) >= 11 is 5.85. The lowest BCUT2D eigenvalue weighted by atomic mass is 10.1. The molecule has 2 heterocycles. The number of nitrogens with zero attached hydrogens (tertiary/aromatic N) is 4. The normalized spacial score (nSPS) is 16.1. The van der Waals surface area contributed by atoms with Crippen LogP contribution in [0.4, 0.5) is 5.82 Å². The van der Waals surface area contributed by atoms with Crippen molar-refractivity contribution in [3.05, 3.63) is 17.0 Å². The van der Waals surface area contributed by atoms with Gasteiger partial charge in [0.2, 0.25) is 0 Å². The minimum absolute atomic E-state index is 0.244. The molecule has 1 aromatic rings. The molecule has 15 heavy (non-hydrogen) atoms. The highest BCUT2D eigenvalue weighted by Crippen LogP contribution is 2.24. The standard InChI is InChI=1S/C10H11ClN4/c11-9-8(6-12)10(14-7-13-9)15-4-2-1-3-5-15/h7H,1-5H2.